The molecule has 0 amide bonds. The number of hydrogen-bond donors (Lipinski definition) is 0. The van der Waals surface area contributed by atoms with Gasteiger partial charge >= 0.3 is 0 Å². The highest BCUT2D eigenvalue weighted by Gasteiger charge is 2.50. The quantitative estimate of drug-likeness (QED) is 0.722. The second-order valence-electron chi connectivity index (χ2n) is 6.65. The van der Waals surface area contributed by atoms with Crippen molar-refractivity contribution >= 4 is 29.3 Å². The van der Waals surface area contributed by atoms with Crippen LogP contribution in [0.2, 0.25) is 0 Å². The van der Waals surface area contributed by atoms with Crippen molar-refractivity contribution in [2.75, 3.05) is 11.5 Å². The summed E-state index contributed by atoms with van der Waals surface area (Å²) in [7, 11) is 0. The molecule has 1 saturated heterocycles. The van der Waals surface area contributed by atoms with Crippen LogP contribution in [-0.4, -0.2) is 21.4 Å². The van der Waals surface area contributed by atoms with E-state index in [2.05, 4.69) is 23.5 Å². The van der Waals surface area contributed by atoms with E-state index in [-0.39, 0.29) is 5.41 Å². The molecule has 0 radical (unpaired) electrons. The number of rotatable bonds is 2. The first-order chi connectivity index (χ1) is 9.17. The maximum absolute atomic E-state index is 12.4. The first-order valence-corrected chi connectivity index (χ1v) is 9.93. The fourth-order valence-electron chi connectivity index (χ4n) is 4.57. The van der Waals surface area contributed by atoms with Gasteiger partial charge in [0.1, 0.15) is 5.78 Å². The summed E-state index contributed by atoms with van der Waals surface area (Å²) in [6.45, 7) is 1.88. The molecule has 2 aliphatic carbocycles. The zero-order chi connectivity index (χ0) is 13.3. The molecule has 3 heteroatoms. The number of ketones is 1. The Kier molecular flexibility index (Phi) is 4.24. The summed E-state index contributed by atoms with van der Waals surface area (Å²) in [6, 6.07) is 0. The van der Waals surface area contributed by atoms with Crippen LogP contribution >= 0.6 is 23.5 Å². The van der Waals surface area contributed by atoms with Crippen LogP contribution in [0.5, 0.6) is 0 Å². The molecular formula is C16H26OS2. The molecule has 0 aromatic carbocycles. The Balaban J connectivity index is 1.74. The van der Waals surface area contributed by atoms with Crippen LogP contribution in [0.4, 0.5) is 0 Å². The van der Waals surface area contributed by atoms with Gasteiger partial charge in [0.25, 0.3) is 0 Å². The van der Waals surface area contributed by atoms with Crippen LogP contribution in [0, 0.1) is 11.3 Å². The fraction of sp³-hybridized carbons (Fsp3) is 0.938. The van der Waals surface area contributed by atoms with Gasteiger partial charge in [0.05, 0.1) is 4.08 Å². The van der Waals surface area contributed by atoms with Crippen molar-refractivity contribution in [2.24, 2.45) is 11.3 Å². The highest BCUT2D eigenvalue weighted by molar-refractivity contribution is 8.21. The van der Waals surface area contributed by atoms with Crippen molar-refractivity contribution in [3.8, 4) is 0 Å². The molecule has 3 rings (SSSR count). The molecule has 0 atom stereocenters. The molecule has 3 aliphatic rings. The zero-order valence-electron chi connectivity index (χ0n) is 12.1. The maximum Gasteiger partial charge on any atom is 0.136 e. The molecular weight excluding hydrogens is 272 g/mol. The maximum atomic E-state index is 12.4. The van der Waals surface area contributed by atoms with Gasteiger partial charge in [-0.05, 0) is 51.4 Å². The Labute approximate surface area is 126 Å². The minimum absolute atomic E-state index is 0.0649. The van der Waals surface area contributed by atoms with E-state index >= 15 is 0 Å². The van der Waals surface area contributed by atoms with Gasteiger partial charge in [-0.3, -0.25) is 4.79 Å². The number of Topliss-reactive ketones (excluding diaryl/α,β-unsaturated/α-hetero) is 1. The van der Waals surface area contributed by atoms with E-state index in [1.165, 1.54) is 69.3 Å². The van der Waals surface area contributed by atoms with E-state index < -0.39 is 0 Å². The largest absolute Gasteiger partial charge is 0.299 e. The van der Waals surface area contributed by atoms with Crippen molar-refractivity contribution < 1.29 is 4.79 Å². The predicted molar refractivity (Wildman–Crippen MR) is 85.8 cm³/mol. The van der Waals surface area contributed by atoms with Crippen LogP contribution in [0.3, 0.4) is 0 Å². The Bertz CT molecular complexity index is 331. The van der Waals surface area contributed by atoms with Crippen molar-refractivity contribution in [2.45, 2.75) is 68.8 Å². The first-order valence-electron chi connectivity index (χ1n) is 7.96. The summed E-state index contributed by atoms with van der Waals surface area (Å²) in [5.41, 5.74) is 0.0649. The minimum Gasteiger partial charge on any atom is -0.299 e. The Morgan fingerprint density at radius 2 is 1.53 bits per heavy atom. The van der Waals surface area contributed by atoms with Crippen molar-refractivity contribution in [1.29, 1.82) is 0 Å². The van der Waals surface area contributed by atoms with Crippen LogP contribution in [0.1, 0.15) is 64.7 Å². The second kappa shape index (κ2) is 5.63. The van der Waals surface area contributed by atoms with Crippen LogP contribution < -0.4 is 0 Å². The van der Waals surface area contributed by atoms with Gasteiger partial charge in [-0.1, -0.05) is 19.3 Å². The summed E-state index contributed by atoms with van der Waals surface area (Å²) in [6.07, 6.45) is 11.6. The average molecular weight is 299 g/mol. The first kappa shape index (κ1) is 14.3. The smallest absolute Gasteiger partial charge is 0.136 e. The Hall–Kier alpha value is 0.370. The lowest BCUT2D eigenvalue weighted by atomic mass is 9.60. The Morgan fingerprint density at radius 1 is 0.947 bits per heavy atom. The molecule has 0 aromatic rings. The third-order valence-electron chi connectivity index (χ3n) is 5.81. The molecule has 0 unspecified atom stereocenters. The zero-order valence-corrected chi connectivity index (χ0v) is 13.7. The van der Waals surface area contributed by atoms with Crippen molar-refractivity contribution in [3.63, 3.8) is 0 Å². The summed E-state index contributed by atoms with van der Waals surface area (Å²) in [5, 5.41) is 0. The SMILES string of the molecule is CC(=O)C1(C2CCCCC2)CCC2(CC1)SCCS2. The van der Waals surface area contributed by atoms with Gasteiger partial charge in [-0.15, -0.1) is 23.5 Å². The van der Waals surface area contributed by atoms with Gasteiger partial charge < -0.3 is 0 Å². The lowest BCUT2D eigenvalue weighted by Gasteiger charge is -2.48. The molecule has 0 N–H and O–H groups in total. The highest BCUT2D eigenvalue weighted by atomic mass is 32.2. The number of hydrogen-bond acceptors (Lipinski definition) is 3. The van der Waals surface area contributed by atoms with Crippen LogP contribution in [0.15, 0.2) is 0 Å². The van der Waals surface area contributed by atoms with Crippen molar-refractivity contribution in [3.05, 3.63) is 0 Å². The fourth-order valence-corrected chi connectivity index (χ4v) is 7.80. The molecule has 1 nitrogen and oxygen atoms in total. The Morgan fingerprint density at radius 3 is 2.05 bits per heavy atom. The van der Waals surface area contributed by atoms with E-state index in [1.54, 1.807) is 0 Å². The monoisotopic (exact) mass is 298 g/mol. The van der Waals surface area contributed by atoms with Gasteiger partial charge in [0.15, 0.2) is 0 Å². The molecule has 108 valence electrons. The minimum atomic E-state index is 0.0649. The standard InChI is InChI=1S/C16H26OS2/c1-13(17)15(14-5-3-2-4-6-14)7-9-16(10-8-15)18-11-12-19-16/h14H,2-12H2,1H3. The lowest BCUT2D eigenvalue weighted by Crippen LogP contribution is -2.44. The lowest BCUT2D eigenvalue weighted by molar-refractivity contribution is -0.133. The van der Waals surface area contributed by atoms with E-state index in [0.717, 1.165) is 0 Å². The summed E-state index contributed by atoms with van der Waals surface area (Å²) >= 11 is 4.35. The molecule has 2 saturated carbocycles. The van der Waals surface area contributed by atoms with E-state index in [9.17, 15) is 4.79 Å². The topological polar surface area (TPSA) is 17.1 Å². The van der Waals surface area contributed by atoms with Crippen molar-refractivity contribution in [1.82, 2.24) is 0 Å². The molecule has 1 aliphatic heterocycles. The van der Waals surface area contributed by atoms with Gasteiger partial charge in [-0.25, -0.2) is 0 Å². The molecule has 0 bridgehead atoms. The highest BCUT2D eigenvalue weighted by Crippen LogP contribution is 2.59. The van der Waals surface area contributed by atoms with E-state index in [0.29, 0.717) is 15.8 Å². The molecule has 1 spiro atoms. The molecule has 1 heterocycles. The van der Waals surface area contributed by atoms with E-state index in [4.69, 9.17) is 0 Å². The molecule has 0 aromatic heterocycles. The number of carbonyl (C=O) groups excluding carboxylic acids is 1. The van der Waals surface area contributed by atoms with E-state index in [1.807, 2.05) is 6.92 Å². The van der Waals surface area contributed by atoms with Gasteiger partial charge in [0, 0.05) is 16.9 Å². The predicted octanol–water partition coefficient (Wildman–Crippen LogP) is 4.89. The summed E-state index contributed by atoms with van der Waals surface area (Å²) in [5.74, 6) is 3.84. The van der Waals surface area contributed by atoms with Gasteiger partial charge in [0.2, 0.25) is 0 Å². The summed E-state index contributed by atoms with van der Waals surface area (Å²) in [4.78, 5) is 12.4. The van der Waals surface area contributed by atoms with Gasteiger partial charge in [-0.2, -0.15) is 0 Å². The number of thioether (sulfide) groups is 2. The summed E-state index contributed by atoms with van der Waals surface area (Å²) < 4.78 is 0.494. The van der Waals surface area contributed by atoms with Crippen LogP contribution in [-0.2, 0) is 4.79 Å². The number of carbonyl (C=O) groups is 1. The third-order valence-corrected chi connectivity index (χ3v) is 9.46. The second-order valence-corrected chi connectivity index (χ2v) is 9.87. The normalized spacial score (nSPS) is 30.6. The third kappa shape index (κ3) is 2.62. The van der Waals surface area contributed by atoms with Crippen LogP contribution in [0.25, 0.3) is 0 Å². The molecule has 19 heavy (non-hydrogen) atoms. The molecule has 3 fully saturated rings. The average Bonchev–Trinajstić information content (AvgIpc) is 2.89.